The van der Waals surface area contributed by atoms with E-state index in [4.69, 9.17) is 0 Å². The van der Waals surface area contributed by atoms with Gasteiger partial charge < -0.3 is 5.32 Å². The Morgan fingerprint density at radius 2 is 1.66 bits per heavy atom. The van der Waals surface area contributed by atoms with Crippen LogP contribution in [0.25, 0.3) is 0 Å². The lowest BCUT2D eigenvalue weighted by Gasteiger charge is -2.20. The Morgan fingerprint density at radius 3 is 2.28 bits per heavy atom. The van der Waals surface area contributed by atoms with Crippen LogP contribution in [-0.4, -0.2) is 23.4 Å². The van der Waals surface area contributed by atoms with E-state index in [1.165, 1.54) is 5.56 Å². The van der Waals surface area contributed by atoms with Gasteiger partial charge in [0, 0.05) is 16.3 Å². The van der Waals surface area contributed by atoms with Crippen LogP contribution in [0, 0.1) is 6.92 Å². The molecule has 0 aliphatic carbocycles. The third kappa shape index (κ3) is 5.81. The molecule has 150 valence electrons. The fraction of sp³-hybridized carbons (Fsp3) is 0.217. The van der Waals surface area contributed by atoms with Crippen LogP contribution in [0.15, 0.2) is 76.7 Å². The van der Waals surface area contributed by atoms with Gasteiger partial charge in [-0.05, 0) is 36.6 Å². The molecule has 29 heavy (non-hydrogen) atoms. The summed E-state index contributed by atoms with van der Waals surface area (Å²) in [6.07, 6.45) is 4.01. The molecule has 0 bridgehead atoms. The number of thioether (sulfide) groups is 3. The van der Waals surface area contributed by atoms with Gasteiger partial charge in [-0.2, -0.15) is 0 Å². The maximum Gasteiger partial charge on any atom is 0.242 e. The number of rotatable bonds is 8. The highest BCUT2D eigenvalue weighted by atomic mass is 32.2. The number of aromatic nitrogens is 1. The SMILES string of the molecule is CSc1cc(C)nc(SC)c1NC(=O)C(SCc1ccccc1)c1ccccc1. The van der Waals surface area contributed by atoms with Crippen molar-refractivity contribution in [3.05, 3.63) is 83.6 Å². The van der Waals surface area contributed by atoms with Gasteiger partial charge in [0.25, 0.3) is 0 Å². The molecule has 1 heterocycles. The van der Waals surface area contributed by atoms with Crippen molar-refractivity contribution >= 4 is 46.9 Å². The number of carbonyl (C=O) groups is 1. The lowest BCUT2D eigenvalue weighted by atomic mass is 10.1. The first-order valence-electron chi connectivity index (χ1n) is 9.23. The van der Waals surface area contributed by atoms with E-state index in [9.17, 15) is 4.79 Å². The molecule has 0 aliphatic heterocycles. The standard InChI is InChI=1S/C23H24N2OS3/c1-16-14-19(27-2)20(23(24-16)28-3)25-22(26)21(18-12-8-5-9-13-18)29-15-17-10-6-4-7-11-17/h4-14,21H,15H2,1-3H3,(H,25,26). The fourth-order valence-corrected chi connectivity index (χ4v) is 5.35. The number of aryl methyl sites for hydroxylation is 1. The number of pyridine rings is 1. The monoisotopic (exact) mass is 440 g/mol. The Hall–Kier alpha value is -1.89. The minimum absolute atomic E-state index is 0.0200. The van der Waals surface area contributed by atoms with Crippen LogP contribution in [0.5, 0.6) is 0 Å². The first-order chi connectivity index (χ1) is 14.1. The van der Waals surface area contributed by atoms with Crippen molar-refractivity contribution in [1.29, 1.82) is 0 Å². The van der Waals surface area contributed by atoms with E-state index < -0.39 is 0 Å². The van der Waals surface area contributed by atoms with E-state index in [0.29, 0.717) is 0 Å². The number of nitrogens with zero attached hydrogens (tertiary/aromatic N) is 1. The molecule has 1 amide bonds. The van der Waals surface area contributed by atoms with E-state index in [0.717, 1.165) is 32.6 Å². The van der Waals surface area contributed by atoms with Crippen LogP contribution in [0.3, 0.4) is 0 Å². The number of nitrogens with one attached hydrogen (secondary N) is 1. The predicted molar refractivity (Wildman–Crippen MR) is 128 cm³/mol. The number of hydrogen-bond acceptors (Lipinski definition) is 5. The summed E-state index contributed by atoms with van der Waals surface area (Å²) in [5.41, 5.74) is 3.97. The van der Waals surface area contributed by atoms with Crippen LogP contribution in [-0.2, 0) is 10.5 Å². The summed E-state index contributed by atoms with van der Waals surface area (Å²) in [7, 11) is 0. The molecule has 0 aliphatic rings. The first kappa shape index (κ1) is 21.8. The Kier molecular flexibility index (Phi) is 8.09. The molecule has 3 aromatic rings. The third-order valence-electron chi connectivity index (χ3n) is 4.34. The molecule has 2 aromatic carbocycles. The Bertz CT molecular complexity index is 924. The summed E-state index contributed by atoms with van der Waals surface area (Å²) in [5, 5.41) is 3.73. The van der Waals surface area contributed by atoms with E-state index in [1.54, 1.807) is 35.3 Å². The van der Waals surface area contributed by atoms with Gasteiger partial charge in [0.2, 0.25) is 5.91 Å². The van der Waals surface area contributed by atoms with Crippen molar-refractivity contribution in [2.45, 2.75) is 27.8 Å². The van der Waals surface area contributed by atoms with Crippen molar-refractivity contribution in [3.63, 3.8) is 0 Å². The average molecular weight is 441 g/mol. The van der Waals surface area contributed by atoms with Crippen LogP contribution in [0.4, 0.5) is 5.69 Å². The summed E-state index contributed by atoms with van der Waals surface area (Å²) in [6, 6.07) is 22.2. The van der Waals surface area contributed by atoms with Crippen molar-refractivity contribution in [3.8, 4) is 0 Å². The maximum atomic E-state index is 13.4. The number of hydrogen-bond donors (Lipinski definition) is 1. The molecule has 6 heteroatoms. The van der Waals surface area contributed by atoms with Crippen LogP contribution in [0.1, 0.15) is 22.1 Å². The first-order valence-corrected chi connectivity index (χ1v) is 12.7. The Morgan fingerprint density at radius 1 is 1.00 bits per heavy atom. The van der Waals surface area contributed by atoms with E-state index in [1.807, 2.05) is 74.0 Å². The van der Waals surface area contributed by atoms with Gasteiger partial charge in [0.05, 0.1) is 5.69 Å². The Labute approximate surface area is 185 Å². The van der Waals surface area contributed by atoms with Crippen molar-refractivity contribution in [1.82, 2.24) is 4.98 Å². The van der Waals surface area contributed by atoms with Gasteiger partial charge in [-0.15, -0.1) is 35.3 Å². The molecular formula is C23H24N2OS3. The lowest BCUT2D eigenvalue weighted by molar-refractivity contribution is -0.115. The van der Waals surface area contributed by atoms with Crippen molar-refractivity contribution in [2.24, 2.45) is 0 Å². The molecule has 1 aromatic heterocycles. The van der Waals surface area contributed by atoms with Crippen LogP contribution >= 0.6 is 35.3 Å². The van der Waals surface area contributed by atoms with Crippen molar-refractivity contribution in [2.75, 3.05) is 17.8 Å². The molecule has 1 N–H and O–H groups in total. The minimum atomic E-state index is -0.304. The fourth-order valence-electron chi connectivity index (χ4n) is 2.93. The zero-order chi connectivity index (χ0) is 20.6. The van der Waals surface area contributed by atoms with Gasteiger partial charge in [0.15, 0.2) is 0 Å². The number of amides is 1. The second-order valence-electron chi connectivity index (χ2n) is 6.43. The average Bonchev–Trinajstić information content (AvgIpc) is 2.76. The summed E-state index contributed by atoms with van der Waals surface area (Å²) >= 11 is 4.82. The zero-order valence-corrected chi connectivity index (χ0v) is 19.2. The van der Waals surface area contributed by atoms with Crippen LogP contribution < -0.4 is 5.32 Å². The van der Waals surface area contributed by atoms with Gasteiger partial charge >= 0.3 is 0 Å². The predicted octanol–water partition coefficient (Wildman–Crippen LogP) is 6.45. The topological polar surface area (TPSA) is 42.0 Å². The van der Waals surface area contributed by atoms with Gasteiger partial charge in [0.1, 0.15) is 10.3 Å². The van der Waals surface area contributed by atoms with Crippen molar-refractivity contribution < 1.29 is 4.79 Å². The van der Waals surface area contributed by atoms with E-state index in [-0.39, 0.29) is 11.2 Å². The molecule has 0 saturated carbocycles. The van der Waals surface area contributed by atoms with Gasteiger partial charge in [-0.25, -0.2) is 4.98 Å². The summed E-state index contributed by atoms with van der Waals surface area (Å²) in [4.78, 5) is 19.0. The third-order valence-corrected chi connectivity index (χ3v) is 7.10. The highest BCUT2D eigenvalue weighted by Crippen LogP contribution is 2.37. The molecule has 0 spiro atoms. The number of anilines is 1. The van der Waals surface area contributed by atoms with E-state index >= 15 is 0 Å². The van der Waals surface area contributed by atoms with Gasteiger partial charge in [-0.3, -0.25) is 4.79 Å². The summed E-state index contributed by atoms with van der Waals surface area (Å²) in [6.45, 7) is 1.98. The van der Waals surface area contributed by atoms with Gasteiger partial charge in [-0.1, -0.05) is 60.7 Å². The minimum Gasteiger partial charge on any atom is -0.322 e. The highest BCUT2D eigenvalue weighted by Gasteiger charge is 2.23. The number of benzene rings is 2. The van der Waals surface area contributed by atoms with E-state index in [2.05, 4.69) is 22.4 Å². The molecule has 1 unspecified atom stereocenters. The molecular weight excluding hydrogens is 416 g/mol. The molecule has 0 radical (unpaired) electrons. The molecule has 3 nitrogen and oxygen atoms in total. The Balaban J connectivity index is 1.87. The number of carbonyl (C=O) groups excluding carboxylic acids is 1. The smallest absolute Gasteiger partial charge is 0.242 e. The normalized spacial score (nSPS) is 11.8. The summed E-state index contributed by atoms with van der Waals surface area (Å²) < 4.78 is 0. The second kappa shape index (κ2) is 10.8. The maximum absolute atomic E-state index is 13.4. The molecule has 3 rings (SSSR count). The molecule has 0 fully saturated rings. The van der Waals surface area contributed by atoms with Crippen LogP contribution in [0.2, 0.25) is 0 Å². The zero-order valence-electron chi connectivity index (χ0n) is 16.7. The largest absolute Gasteiger partial charge is 0.322 e. The highest BCUT2D eigenvalue weighted by molar-refractivity contribution is 8.00. The second-order valence-corrected chi connectivity index (χ2v) is 9.16. The lowest BCUT2D eigenvalue weighted by Crippen LogP contribution is -2.20. The quantitative estimate of drug-likeness (QED) is 0.408. The molecule has 1 atom stereocenters. The summed E-state index contributed by atoms with van der Waals surface area (Å²) in [5.74, 6) is 0.749. The molecule has 0 saturated heterocycles.